The van der Waals surface area contributed by atoms with Gasteiger partial charge in [0.1, 0.15) is 5.82 Å². The van der Waals surface area contributed by atoms with Crippen LogP contribution >= 0.6 is 0 Å². The van der Waals surface area contributed by atoms with E-state index in [2.05, 4.69) is 35.9 Å². The van der Waals surface area contributed by atoms with Crippen LogP contribution in [0.1, 0.15) is 11.1 Å². The second-order valence-electron chi connectivity index (χ2n) is 5.48. The summed E-state index contributed by atoms with van der Waals surface area (Å²) in [6.07, 6.45) is 1.81. The van der Waals surface area contributed by atoms with E-state index in [4.69, 9.17) is 0 Å². The molecule has 118 valence electrons. The Hall–Kier alpha value is -3.03. The Morgan fingerprint density at radius 2 is 1.96 bits per heavy atom. The number of benzene rings is 1. The zero-order valence-electron chi connectivity index (χ0n) is 13.5. The number of nitrogens with zero attached hydrogens (tertiary/aromatic N) is 6. The fourth-order valence-electron chi connectivity index (χ4n) is 2.25. The zero-order valence-corrected chi connectivity index (χ0v) is 13.5. The van der Waals surface area contributed by atoms with Gasteiger partial charge in [-0.15, -0.1) is 10.2 Å². The maximum Gasteiger partial charge on any atom is 0.229 e. The first-order valence-electron chi connectivity index (χ1n) is 7.17. The lowest BCUT2D eigenvalue weighted by Gasteiger charge is -2.16. The Bertz CT molecular complexity index is 810. The number of aryl methyl sites for hydroxylation is 2. The molecule has 3 rings (SSSR count). The predicted molar refractivity (Wildman–Crippen MR) is 88.7 cm³/mol. The normalized spacial score (nSPS) is 10.6. The Kier molecular flexibility index (Phi) is 3.88. The average molecular weight is 310 g/mol. The molecule has 8 heteroatoms. The standard InChI is InChI=1S/C15H18N8/c1-9-5-6-11(13-19-21-22-20-13)7-12(9)17-15-16-8-10(2)14(18-15)23(3)4/h5-8H,1-4H3,(H,16,17,18)(H,19,20,21,22). The highest BCUT2D eigenvalue weighted by Crippen LogP contribution is 2.25. The van der Waals surface area contributed by atoms with Crippen molar-refractivity contribution in [1.29, 1.82) is 0 Å². The lowest BCUT2D eigenvalue weighted by molar-refractivity contribution is 0.881. The number of hydrogen-bond donors (Lipinski definition) is 2. The van der Waals surface area contributed by atoms with Crippen molar-refractivity contribution in [3.63, 3.8) is 0 Å². The molecule has 0 saturated carbocycles. The second kappa shape index (κ2) is 5.99. The molecule has 0 aliphatic heterocycles. The van der Waals surface area contributed by atoms with Crippen LogP contribution < -0.4 is 10.2 Å². The molecule has 1 aromatic carbocycles. The van der Waals surface area contributed by atoms with Gasteiger partial charge in [0.05, 0.1) is 0 Å². The summed E-state index contributed by atoms with van der Waals surface area (Å²) in [5.41, 5.74) is 3.87. The van der Waals surface area contributed by atoms with Gasteiger partial charge in [0.2, 0.25) is 11.8 Å². The van der Waals surface area contributed by atoms with Gasteiger partial charge in [0, 0.05) is 37.1 Å². The van der Waals surface area contributed by atoms with E-state index in [0.29, 0.717) is 11.8 Å². The molecule has 0 unspecified atom stereocenters. The van der Waals surface area contributed by atoms with Crippen LogP contribution in [0.3, 0.4) is 0 Å². The summed E-state index contributed by atoms with van der Waals surface area (Å²) in [6, 6.07) is 5.90. The average Bonchev–Trinajstić information content (AvgIpc) is 3.05. The summed E-state index contributed by atoms with van der Waals surface area (Å²) in [5, 5.41) is 17.3. The molecule has 0 amide bonds. The van der Waals surface area contributed by atoms with Crippen LogP contribution in [0.15, 0.2) is 24.4 Å². The molecule has 23 heavy (non-hydrogen) atoms. The summed E-state index contributed by atoms with van der Waals surface area (Å²) in [4.78, 5) is 10.9. The molecule has 2 N–H and O–H groups in total. The Morgan fingerprint density at radius 1 is 1.13 bits per heavy atom. The maximum atomic E-state index is 4.55. The molecule has 2 heterocycles. The molecule has 0 atom stereocenters. The van der Waals surface area contributed by atoms with Crippen molar-refractivity contribution in [2.24, 2.45) is 0 Å². The van der Waals surface area contributed by atoms with Gasteiger partial charge in [0.15, 0.2) is 0 Å². The molecule has 0 radical (unpaired) electrons. The number of tetrazole rings is 1. The molecule has 0 bridgehead atoms. The quantitative estimate of drug-likeness (QED) is 0.761. The SMILES string of the molecule is Cc1ccc(-c2nn[nH]n2)cc1Nc1ncc(C)c(N(C)C)n1. The van der Waals surface area contributed by atoms with Gasteiger partial charge in [0.25, 0.3) is 0 Å². The fourth-order valence-corrected chi connectivity index (χ4v) is 2.25. The van der Waals surface area contributed by atoms with Crippen LogP contribution in [-0.2, 0) is 0 Å². The molecule has 0 aliphatic carbocycles. The first-order valence-corrected chi connectivity index (χ1v) is 7.17. The van der Waals surface area contributed by atoms with E-state index in [1.54, 1.807) is 0 Å². The van der Waals surface area contributed by atoms with Crippen LogP contribution in [0.2, 0.25) is 0 Å². The highest BCUT2D eigenvalue weighted by molar-refractivity contribution is 5.68. The molecular weight excluding hydrogens is 292 g/mol. The second-order valence-corrected chi connectivity index (χ2v) is 5.48. The third kappa shape index (κ3) is 3.10. The predicted octanol–water partition coefficient (Wildman–Crippen LogP) is 2.08. The summed E-state index contributed by atoms with van der Waals surface area (Å²) < 4.78 is 0. The molecule has 8 nitrogen and oxygen atoms in total. The van der Waals surface area contributed by atoms with Gasteiger partial charge in [-0.05, 0) is 30.7 Å². The zero-order chi connectivity index (χ0) is 16.4. The van der Waals surface area contributed by atoms with Gasteiger partial charge in [-0.25, -0.2) is 4.98 Å². The van der Waals surface area contributed by atoms with E-state index in [0.717, 1.165) is 28.2 Å². The Labute approximate surface area is 134 Å². The molecule has 0 saturated heterocycles. The first-order chi connectivity index (χ1) is 11.0. The minimum atomic E-state index is 0.548. The summed E-state index contributed by atoms with van der Waals surface area (Å²) in [7, 11) is 3.92. The van der Waals surface area contributed by atoms with Gasteiger partial charge in [-0.2, -0.15) is 10.2 Å². The summed E-state index contributed by atoms with van der Waals surface area (Å²) in [6.45, 7) is 4.00. The van der Waals surface area contributed by atoms with Crippen molar-refractivity contribution in [1.82, 2.24) is 30.6 Å². The van der Waals surface area contributed by atoms with Crippen molar-refractivity contribution in [3.8, 4) is 11.4 Å². The van der Waals surface area contributed by atoms with Crippen LogP contribution in [0, 0.1) is 13.8 Å². The summed E-state index contributed by atoms with van der Waals surface area (Å²) >= 11 is 0. The molecule has 0 fully saturated rings. The van der Waals surface area contributed by atoms with Gasteiger partial charge >= 0.3 is 0 Å². The van der Waals surface area contributed by atoms with E-state index in [1.165, 1.54) is 0 Å². The molecular formula is C15H18N8. The van der Waals surface area contributed by atoms with Gasteiger partial charge in [-0.1, -0.05) is 12.1 Å². The van der Waals surface area contributed by atoms with Crippen molar-refractivity contribution < 1.29 is 0 Å². The number of hydrogen-bond acceptors (Lipinski definition) is 7. The number of aromatic nitrogens is 6. The third-order valence-electron chi connectivity index (χ3n) is 3.46. The van der Waals surface area contributed by atoms with Crippen LogP contribution in [0.4, 0.5) is 17.5 Å². The Balaban J connectivity index is 1.94. The smallest absolute Gasteiger partial charge is 0.229 e. The van der Waals surface area contributed by atoms with Crippen LogP contribution in [0.25, 0.3) is 11.4 Å². The molecule has 2 aromatic heterocycles. The van der Waals surface area contributed by atoms with E-state index in [-0.39, 0.29) is 0 Å². The highest BCUT2D eigenvalue weighted by atomic mass is 15.5. The molecule has 0 spiro atoms. The van der Waals surface area contributed by atoms with Crippen molar-refractivity contribution >= 4 is 17.5 Å². The lowest BCUT2D eigenvalue weighted by Crippen LogP contribution is -2.13. The number of rotatable bonds is 4. The van der Waals surface area contributed by atoms with Crippen LogP contribution in [0.5, 0.6) is 0 Å². The lowest BCUT2D eigenvalue weighted by atomic mass is 10.1. The van der Waals surface area contributed by atoms with E-state index >= 15 is 0 Å². The topological polar surface area (TPSA) is 95.5 Å². The third-order valence-corrected chi connectivity index (χ3v) is 3.46. The Morgan fingerprint density at radius 3 is 2.65 bits per heavy atom. The minimum Gasteiger partial charge on any atom is -0.362 e. The fraction of sp³-hybridized carbons (Fsp3) is 0.267. The van der Waals surface area contributed by atoms with Crippen molar-refractivity contribution in [2.75, 3.05) is 24.3 Å². The highest BCUT2D eigenvalue weighted by Gasteiger charge is 2.09. The minimum absolute atomic E-state index is 0.548. The van der Waals surface area contributed by atoms with E-state index < -0.39 is 0 Å². The number of nitrogens with one attached hydrogen (secondary N) is 2. The van der Waals surface area contributed by atoms with Crippen molar-refractivity contribution in [3.05, 3.63) is 35.5 Å². The van der Waals surface area contributed by atoms with Crippen molar-refractivity contribution in [2.45, 2.75) is 13.8 Å². The number of anilines is 3. The van der Waals surface area contributed by atoms with Gasteiger partial charge < -0.3 is 10.2 Å². The summed E-state index contributed by atoms with van der Waals surface area (Å²) in [5.74, 6) is 1.98. The number of H-pyrrole nitrogens is 1. The van der Waals surface area contributed by atoms with E-state index in [1.807, 2.05) is 57.2 Å². The number of aromatic amines is 1. The van der Waals surface area contributed by atoms with Gasteiger partial charge in [-0.3, -0.25) is 0 Å². The molecule has 0 aliphatic rings. The maximum absolute atomic E-state index is 4.55. The monoisotopic (exact) mass is 310 g/mol. The largest absolute Gasteiger partial charge is 0.362 e. The van der Waals surface area contributed by atoms with E-state index in [9.17, 15) is 0 Å². The first kappa shape index (κ1) is 14.9. The van der Waals surface area contributed by atoms with Crippen LogP contribution in [-0.4, -0.2) is 44.7 Å². The molecule has 3 aromatic rings.